The quantitative estimate of drug-likeness (QED) is 0.572. The molecule has 0 radical (unpaired) electrons. The first-order chi connectivity index (χ1) is 6.68. The lowest BCUT2D eigenvalue weighted by Crippen LogP contribution is -2.26. The zero-order valence-corrected chi connectivity index (χ0v) is 9.50. The van der Waals surface area contributed by atoms with Crippen molar-refractivity contribution in [1.29, 1.82) is 0 Å². The minimum Gasteiger partial charge on any atom is -0.346 e. The van der Waals surface area contributed by atoms with Crippen molar-refractivity contribution < 1.29 is 0 Å². The van der Waals surface area contributed by atoms with Gasteiger partial charge >= 0.3 is 0 Å². The zero-order chi connectivity index (χ0) is 10.1. The monoisotopic (exact) mass is 229 g/mol. The predicted molar refractivity (Wildman–Crippen MR) is 59.1 cm³/mol. The molecule has 0 amide bonds. The van der Waals surface area contributed by atoms with Crippen LogP contribution in [0.3, 0.4) is 0 Å². The third-order valence-electron chi connectivity index (χ3n) is 2.35. The topological polar surface area (TPSA) is 40.7 Å². The fourth-order valence-corrected chi connectivity index (χ4v) is 1.97. The number of halogens is 1. The van der Waals surface area contributed by atoms with Crippen LogP contribution >= 0.6 is 23.8 Å². The van der Waals surface area contributed by atoms with Gasteiger partial charge in [-0.15, -0.1) is 11.6 Å². The Balaban J connectivity index is 2.52. The zero-order valence-electron chi connectivity index (χ0n) is 7.93. The molecule has 0 saturated carbocycles. The number of rotatable bonds is 1. The van der Waals surface area contributed by atoms with Crippen molar-refractivity contribution in [3.63, 3.8) is 0 Å². The van der Waals surface area contributed by atoms with Gasteiger partial charge in [-0.05, 0) is 6.92 Å². The largest absolute Gasteiger partial charge is 0.346 e. The van der Waals surface area contributed by atoms with E-state index in [9.17, 15) is 0 Å². The van der Waals surface area contributed by atoms with E-state index in [1.54, 1.807) is 0 Å². The molecule has 0 aromatic carbocycles. The molecule has 76 valence electrons. The highest BCUT2D eigenvalue weighted by atomic mass is 35.5. The van der Waals surface area contributed by atoms with Crippen molar-refractivity contribution in [2.45, 2.75) is 25.3 Å². The highest BCUT2D eigenvalue weighted by Gasteiger charge is 2.14. The number of nitrogens with zero attached hydrogens (tertiary/aromatic N) is 1. The van der Waals surface area contributed by atoms with Gasteiger partial charge in [-0.3, -0.25) is 0 Å². The summed E-state index contributed by atoms with van der Waals surface area (Å²) in [7, 11) is 0. The predicted octanol–water partition coefficient (Wildman–Crippen LogP) is 2.08. The van der Waals surface area contributed by atoms with E-state index in [2.05, 4.69) is 15.3 Å². The Labute approximate surface area is 92.9 Å². The van der Waals surface area contributed by atoms with Crippen LogP contribution in [-0.4, -0.2) is 16.5 Å². The first kappa shape index (κ1) is 10.1. The van der Waals surface area contributed by atoms with Crippen LogP contribution in [0.2, 0.25) is 0 Å². The summed E-state index contributed by atoms with van der Waals surface area (Å²) in [6, 6.07) is 0. The molecule has 1 aliphatic heterocycles. The Morgan fingerprint density at radius 1 is 1.57 bits per heavy atom. The normalized spacial score (nSPS) is 17.6. The summed E-state index contributed by atoms with van der Waals surface area (Å²) in [6.45, 7) is 3.69. The molecule has 2 rings (SSSR count). The Hall–Kier alpha value is -0.450. The van der Waals surface area contributed by atoms with Gasteiger partial charge in [0.25, 0.3) is 0 Å². The van der Waals surface area contributed by atoms with E-state index in [0.29, 0.717) is 4.64 Å². The average Bonchev–Trinajstić information content (AvgIpc) is 2.17. The molecule has 5 heteroatoms. The first-order valence-electron chi connectivity index (χ1n) is 4.65. The summed E-state index contributed by atoms with van der Waals surface area (Å²) in [5.41, 5.74) is 2.30. The number of hydrogen-bond donors (Lipinski definition) is 2. The number of H-pyrrole nitrogens is 1. The van der Waals surface area contributed by atoms with Crippen LogP contribution < -0.4 is 5.32 Å². The third kappa shape index (κ3) is 1.82. The molecule has 1 aromatic rings. The maximum absolute atomic E-state index is 5.96. The molecule has 1 aliphatic rings. The van der Waals surface area contributed by atoms with E-state index in [0.717, 1.165) is 30.9 Å². The highest BCUT2D eigenvalue weighted by molar-refractivity contribution is 7.71. The lowest BCUT2D eigenvalue weighted by Gasteiger charge is -2.18. The lowest BCUT2D eigenvalue weighted by atomic mass is 10.1. The molecule has 1 aromatic heterocycles. The van der Waals surface area contributed by atoms with Crippen LogP contribution in [-0.2, 0) is 13.0 Å². The summed E-state index contributed by atoms with van der Waals surface area (Å²) in [6.07, 6.45) is 0.970. The molecule has 0 bridgehead atoms. The minimum absolute atomic E-state index is 0.114. The summed E-state index contributed by atoms with van der Waals surface area (Å²) in [4.78, 5) is 7.53. The fourth-order valence-electron chi connectivity index (χ4n) is 1.57. The summed E-state index contributed by atoms with van der Waals surface area (Å²) in [5, 5.41) is 3.16. The number of alkyl halides is 1. The number of hydrogen-bond acceptors (Lipinski definition) is 3. The second kappa shape index (κ2) is 3.96. The van der Waals surface area contributed by atoms with Crippen LogP contribution in [0.25, 0.3) is 0 Å². The average molecular weight is 230 g/mol. The van der Waals surface area contributed by atoms with E-state index >= 15 is 0 Å². The van der Waals surface area contributed by atoms with Crippen molar-refractivity contribution in [2.24, 2.45) is 0 Å². The van der Waals surface area contributed by atoms with Crippen LogP contribution in [0.4, 0.5) is 0 Å². The SMILES string of the molecule is CC(Cl)c1nc(=S)c2c([nH]1)CCNC2. The Morgan fingerprint density at radius 3 is 3.07 bits per heavy atom. The van der Waals surface area contributed by atoms with Gasteiger partial charge in [0, 0.05) is 30.8 Å². The van der Waals surface area contributed by atoms with Gasteiger partial charge < -0.3 is 10.3 Å². The fraction of sp³-hybridized carbons (Fsp3) is 0.556. The number of fused-ring (bicyclic) bond motifs is 1. The molecule has 1 atom stereocenters. The Bertz CT molecular complexity index is 400. The Kier molecular flexibility index (Phi) is 2.85. The molecular formula is C9H12ClN3S. The third-order valence-corrected chi connectivity index (χ3v) is 2.90. The van der Waals surface area contributed by atoms with Crippen LogP contribution in [0.1, 0.15) is 29.4 Å². The summed E-state index contributed by atoms with van der Waals surface area (Å²) < 4.78 is 0.674. The maximum Gasteiger partial charge on any atom is 0.134 e. The molecule has 0 spiro atoms. The summed E-state index contributed by atoms with van der Waals surface area (Å²) >= 11 is 11.2. The molecule has 2 heterocycles. The van der Waals surface area contributed by atoms with Crippen molar-refractivity contribution in [3.05, 3.63) is 21.7 Å². The van der Waals surface area contributed by atoms with Gasteiger partial charge in [0.15, 0.2) is 0 Å². The van der Waals surface area contributed by atoms with Gasteiger partial charge in [0.05, 0.1) is 5.38 Å². The Morgan fingerprint density at radius 2 is 2.36 bits per heavy atom. The molecule has 0 fully saturated rings. The number of aromatic nitrogens is 2. The molecule has 3 nitrogen and oxygen atoms in total. The van der Waals surface area contributed by atoms with E-state index in [1.165, 1.54) is 5.69 Å². The van der Waals surface area contributed by atoms with Gasteiger partial charge in [-0.1, -0.05) is 12.2 Å². The van der Waals surface area contributed by atoms with Crippen molar-refractivity contribution in [3.8, 4) is 0 Å². The summed E-state index contributed by atoms with van der Waals surface area (Å²) in [5.74, 6) is 0.775. The standard InChI is InChI=1S/C9H12ClN3S/c1-5(10)8-12-7-2-3-11-4-6(7)9(14)13-8/h5,11H,2-4H2,1H3,(H,12,13,14). The van der Waals surface area contributed by atoms with E-state index in [-0.39, 0.29) is 5.38 Å². The van der Waals surface area contributed by atoms with E-state index < -0.39 is 0 Å². The second-order valence-corrected chi connectivity index (χ2v) is 4.47. The molecule has 14 heavy (non-hydrogen) atoms. The van der Waals surface area contributed by atoms with Crippen LogP contribution in [0.15, 0.2) is 0 Å². The second-order valence-electron chi connectivity index (χ2n) is 3.43. The molecule has 0 saturated heterocycles. The number of nitrogens with one attached hydrogen (secondary N) is 2. The smallest absolute Gasteiger partial charge is 0.134 e. The van der Waals surface area contributed by atoms with E-state index in [4.69, 9.17) is 23.8 Å². The first-order valence-corrected chi connectivity index (χ1v) is 5.49. The number of aromatic amines is 1. The lowest BCUT2D eigenvalue weighted by molar-refractivity contribution is 0.617. The highest BCUT2D eigenvalue weighted by Crippen LogP contribution is 2.19. The van der Waals surface area contributed by atoms with Gasteiger partial charge in [0.2, 0.25) is 0 Å². The molecule has 1 unspecified atom stereocenters. The maximum atomic E-state index is 5.96. The molecular weight excluding hydrogens is 218 g/mol. The molecule has 2 N–H and O–H groups in total. The van der Waals surface area contributed by atoms with Crippen molar-refractivity contribution in [2.75, 3.05) is 6.54 Å². The van der Waals surface area contributed by atoms with Crippen LogP contribution in [0.5, 0.6) is 0 Å². The molecule has 0 aliphatic carbocycles. The van der Waals surface area contributed by atoms with Gasteiger partial charge in [-0.25, -0.2) is 4.98 Å². The minimum atomic E-state index is -0.114. The van der Waals surface area contributed by atoms with Crippen molar-refractivity contribution >= 4 is 23.8 Å². The van der Waals surface area contributed by atoms with Gasteiger partial charge in [0.1, 0.15) is 10.5 Å². The van der Waals surface area contributed by atoms with E-state index in [1.807, 2.05) is 6.92 Å². The van der Waals surface area contributed by atoms with Gasteiger partial charge in [-0.2, -0.15) is 0 Å². The van der Waals surface area contributed by atoms with Crippen LogP contribution in [0, 0.1) is 4.64 Å². The van der Waals surface area contributed by atoms with Crippen molar-refractivity contribution in [1.82, 2.24) is 15.3 Å².